The van der Waals surface area contributed by atoms with Gasteiger partial charge in [0.25, 0.3) is 0 Å². The lowest BCUT2D eigenvalue weighted by molar-refractivity contribution is -0.116. The second-order valence-electron chi connectivity index (χ2n) is 5.49. The van der Waals surface area contributed by atoms with E-state index in [0.29, 0.717) is 23.7 Å². The first-order valence-corrected chi connectivity index (χ1v) is 9.27. The van der Waals surface area contributed by atoms with Crippen LogP contribution in [0.15, 0.2) is 41.8 Å². The minimum Gasteiger partial charge on any atom is -0.492 e. The highest BCUT2D eigenvalue weighted by Gasteiger charge is 2.20. The number of aromatic nitrogens is 1. The Morgan fingerprint density at radius 2 is 1.96 bits per heavy atom. The average molecular weight is 372 g/mol. The van der Waals surface area contributed by atoms with Crippen LogP contribution in [0.3, 0.4) is 0 Å². The maximum Gasteiger partial charge on any atom is 0.355 e. The fourth-order valence-electron chi connectivity index (χ4n) is 2.69. The third-order valence-corrected chi connectivity index (χ3v) is 4.70. The summed E-state index contributed by atoms with van der Waals surface area (Å²) in [5, 5.41) is 5.70. The van der Waals surface area contributed by atoms with E-state index in [1.807, 2.05) is 30.5 Å². The normalized spacial score (nSPS) is 10.7. The van der Waals surface area contributed by atoms with Crippen LogP contribution in [0.4, 0.5) is 5.69 Å². The Labute approximate surface area is 155 Å². The van der Waals surface area contributed by atoms with Gasteiger partial charge in [0.1, 0.15) is 22.8 Å². The molecular formula is C19H20N2O4S. The standard InChI is InChI=1S/C19H20N2O4S/c1-3-24-16-8-6-5-7-14(16)20-17(22)12-21-15(19(23)25-4-2)11-13-9-10-26-18(13)21/h5-11H,3-4,12H2,1-2H3,(H,20,22). The van der Waals surface area contributed by atoms with Gasteiger partial charge in [-0.1, -0.05) is 12.1 Å². The second-order valence-corrected chi connectivity index (χ2v) is 6.39. The van der Waals surface area contributed by atoms with Crippen LogP contribution < -0.4 is 10.1 Å². The van der Waals surface area contributed by atoms with Gasteiger partial charge >= 0.3 is 5.97 Å². The topological polar surface area (TPSA) is 69.6 Å². The number of para-hydroxylation sites is 2. The lowest BCUT2D eigenvalue weighted by atomic mass is 10.3. The number of hydrogen-bond acceptors (Lipinski definition) is 5. The van der Waals surface area contributed by atoms with Crippen molar-refractivity contribution >= 4 is 39.1 Å². The van der Waals surface area contributed by atoms with Crippen LogP contribution in [-0.2, 0) is 16.1 Å². The van der Waals surface area contributed by atoms with Gasteiger partial charge in [-0.3, -0.25) is 4.79 Å². The Bertz CT molecular complexity index is 929. The van der Waals surface area contributed by atoms with Gasteiger partial charge in [0.05, 0.1) is 18.9 Å². The summed E-state index contributed by atoms with van der Waals surface area (Å²) in [6.07, 6.45) is 0. The number of thiophene rings is 1. The molecule has 2 aromatic heterocycles. The van der Waals surface area contributed by atoms with Crippen LogP contribution in [0.2, 0.25) is 0 Å². The number of anilines is 1. The quantitative estimate of drug-likeness (QED) is 0.638. The molecule has 0 saturated heterocycles. The maximum absolute atomic E-state index is 12.6. The Hall–Kier alpha value is -2.80. The van der Waals surface area contributed by atoms with E-state index in [4.69, 9.17) is 9.47 Å². The summed E-state index contributed by atoms with van der Waals surface area (Å²) in [6, 6.07) is 10.9. The molecule has 1 aromatic carbocycles. The lowest BCUT2D eigenvalue weighted by Crippen LogP contribution is -2.22. The molecule has 136 valence electrons. The molecule has 1 N–H and O–H groups in total. The van der Waals surface area contributed by atoms with Crippen molar-refractivity contribution < 1.29 is 19.1 Å². The van der Waals surface area contributed by atoms with E-state index in [-0.39, 0.29) is 19.1 Å². The number of ether oxygens (including phenoxy) is 2. The molecule has 0 aliphatic heterocycles. The number of nitrogens with one attached hydrogen (secondary N) is 1. The van der Waals surface area contributed by atoms with Crippen molar-refractivity contribution in [1.29, 1.82) is 0 Å². The minimum absolute atomic E-state index is 0.0125. The third kappa shape index (κ3) is 3.72. The maximum atomic E-state index is 12.6. The van der Waals surface area contributed by atoms with E-state index >= 15 is 0 Å². The van der Waals surface area contributed by atoms with Crippen molar-refractivity contribution in [2.75, 3.05) is 18.5 Å². The molecule has 0 aliphatic rings. The number of benzene rings is 1. The molecule has 2 heterocycles. The van der Waals surface area contributed by atoms with Crippen molar-refractivity contribution in [1.82, 2.24) is 4.57 Å². The van der Waals surface area contributed by atoms with Gasteiger partial charge in [-0.05, 0) is 43.5 Å². The highest BCUT2D eigenvalue weighted by Crippen LogP contribution is 2.27. The van der Waals surface area contributed by atoms with Crippen LogP contribution >= 0.6 is 11.3 Å². The number of fused-ring (bicyclic) bond motifs is 1. The molecule has 0 bridgehead atoms. The zero-order valence-electron chi connectivity index (χ0n) is 14.7. The molecule has 6 nitrogen and oxygen atoms in total. The molecule has 3 rings (SSSR count). The summed E-state index contributed by atoms with van der Waals surface area (Å²) in [7, 11) is 0. The monoisotopic (exact) mass is 372 g/mol. The van der Waals surface area contributed by atoms with E-state index in [2.05, 4.69) is 5.32 Å². The van der Waals surface area contributed by atoms with Crippen molar-refractivity contribution in [3.05, 3.63) is 47.5 Å². The van der Waals surface area contributed by atoms with E-state index in [0.717, 1.165) is 10.2 Å². The second kappa shape index (κ2) is 8.05. The van der Waals surface area contributed by atoms with E-state index < -0.39 is 5.97 Å². The molecule has 3 aromatic rings. The summed E-state index contributed by atoms with van der Waals surface area (Å²) in [6.45, 7) is 4.44. The Balaban J connectivity index is 1.84. The number of rotatable bonds is 7. The molecule has 26 heavy (non-hydrogen) atoms. The number of carbonyl (C=O) groups is 2. The summed E-state index contributed by atoms with van der Waals surface area (Å²) < 4.78 is 12.3. The van der Waals surface area contributed by atoms with Crippen LogP contribution in [0.1, 0.15) is 24.3 Å². The van der Waals surface area contributed by atoms with Crippen molar-refractivity contribution in [2.45, 2.75) is 20.4 Å². The molecule has 7 heteroatoms. The zero-order valence-corrected chi connectivity index (χ0v) is 15.5. The highest BCUT2D eigenvalue weighted by atomic mass is 32.1. The number of nitrogens with zero attached hydrogens (tertiary/aromatic N) is 1. The van der Waals surface area contributed by atoms with Gasteiger partial charge in [-0.2, -0.15) is 0 Å². The molecule has 0 saturated carbocycles. The Morgan fingerprint density at radius 1 is 1.15 bits per heavy atom. The largest absolute Gasteiger partial charge is 0.492 e. The number of amides is 1. The van der Waals surface area contributed by atoms with Crippen LogP contribution in [0.25, 0.3) is 10.2 Å². The molecule has 0 spiro atoms. The fourth-order valence-corrected chi connectivity index (χ4v) is 3.59. The fraction of sp³-hybridized carbons (Fsp3) is 0.263. The minimum atomic E-state index is -0.432. The number of carbonyl (C=O) groups excluding carboxylic acids is 2. The van der Waals surface area contributed by atoms with Gasteiger partial charge in [-0.25, -0.2) is 4.79 Å². The predicted molar refractivity (Wildman–Crippen MR) is 102 cm³/mol. The molecule has 0 aliphatic carbocycles. The third-order valence-electron chi connectivity index (χ3n) is 3.75. The predicted octanol–water partition coefficient (Wildman–Crippen LogP) is 3.92. The van der Waals surface area contributed by atoms with Crippen LogP contribution in [0, 0.1) is 0 Å². The summed E-state index contributed by atoms with van der Waals surface area (Å²) >= 11 is 1.48. The summed E-state index contributed by atoms with van der Waals surface area (Å²) in [5.74, 6) is -0.0604. The van der Waals surface area contributed by atoms with Crippen LogP contribution in [0.5, 0.6) is 5.75 Å². The smallest absolute Gasteiger partial charge is 0.355 e. The first-order chi connectivity index (χ1) is 12.6. The van der Waals surface area contributed by atoms with Gasteiger partial charge < -0.3 is 19.4 Å². The molecule has 1 amide bonds. The van der Waals surface area contributed by atoms with E-state index in [1.54, 1.807) is 29.7 Å². The Morgan fingerprint density at radius 3 is 2.73 bits per heavy atom. The van der Waals surface area contributed by atoms with E-state index in [1.165, 1.54) is 11.3 Å². The first-order valence-electron chi connectivity index (χ1n) is 8.39. The zero-order chi connectivity index (χ0) is 18.5. The van der Waals surface area contributed by atoms with Gasteiger partial charge in [-0.15, -0.1) is 11.3 Å². The molecular weight excluding hydrogens is 352 g/mol. The summed E-state index contributed by atoms with van der Waals surface area (Å²) in [5.41, 5.74) is 0.980. The first kappa shape index (κ1) is 18.0. The van der Waals surface area contributed by atoms with E-state index in [9.17, 15) is 9.59 Å². The SMILES string of the molecule is CCOC(=O)c1cc2ccsc2n1CC(=O)Nc1ccccc1OCC. The molecule has 0 radical (unpaired) electrons. The Kier molecular flexibility index (Phi) is 5.58. The van der Waals surface area contributed by atoms with Crippen molar-refractivity contribution in [3.8, 4) is 5.75 Å². The average Bonchev–Trinajstić information content (AvgIpc) is 3.20. The van der Waals surface area contributed by atoms with Crippen molar-refractivity contribution in [3.63, 3.8) is 0 Å². The molecule has 0 fully saturated rings. The molecule has 0 atom stereocenters. The number of hydrogen-bond donors (Lipinski definition) is 1. The van der Waals surface area contributed by atoms with Crippen molar-refractivity contribution in [2.24, 2.45) is 0 Å². The number of esters is 1. The lowest BCUT2D eigenvalue weighted by Gasteiger charge is -2.13. The summed E-state index contributed by atoms with van der Waals surface area (Å²) in [4.78, 5) is 25.7. The van der Waals surface area contributed by atoms with Gasteiger partial charge in [0.15, 0.2) is 0 Å². The van der Waals surface area contributed by atoms with Gasteiger partial charge in [0.2, 0.25) is 5.91 Å². The highest BCUT2D eigenvalue weighted by molar-refractivity contribution is 7.16. The molecule has 0 unspecified atom stereocenters. The van der Waals surface area contributed by atoms with Crippen LogP contribution in [-0.4, -0.2) is 29.7 Å². The van der Waals surface area contributed by atoms with Gasteiger partial charge in [0, 0.05) is 5.39 Å².